The minimum Gasteiger partial charge on any atom is -0.490 e. The van der Waals surface area contributed by atoms with E-state index in [0.29, 0.717) is 71.1 Å². The number of fused-ring (bicyclic) bond motifs is 4. The summed E-state index contributed by atoms with van der Waals surface area (Å²) in [5.74, 6) is 2.76. The molecule has 0 fully saturated rings. The van der Waals surface area contributed by atoms with E-state index in [1.165, 1.54) is 0 Å². The van der Waals surface area contributed by atoms with Gasteiger partial charge < -0.3 is 28.1 Å². The van der Waals surface area contributed by atoms with Crippen molar-refractivity contribution in [2.45, 2.75) is 19.5 Å². The lowest BCUT2D eigenvalue weighted by atomic mass is 10.1. The normalized spacial score (nSPS) is 14.1. The molecule has 190 valence electrons. The van der Waals surface area contributed by atoms with Crippen molar-refractivity contribution in [1.29, 1.82) is 0 Å². The zero-order chi connectivity index (χ0) is 25.6. The van der Waals surface area contributed by atoms with Gasteiger partial charge >= 0.3 is 0 Å². The van der Waals surface area contributed by atoms with E-state index < -0.39 is 0 Å². The summed E-state index contributed by atoms with van der Waals surface area (Å²) in [6, 6.07) is 16.6. The smallest absolute Gasteiger partial charge is 0.260 e. The van der Waals surface area contributed by atoms with Crippen molar-refractivity contribution in [3.05, 3.63) is 98.8 Å². The number of pyridine rings is 3. The number of aromatic nitrogens is 3. The van der Waals surface area contributed by atoms with Gasteiger partial charge in [0.2, 0.25) is 6.79 Å². The predicted octanol–water partition coefficient (Wildman–Crippen LogP) is 3.70. The van der Waals surface area contributed by atoms with Crippen LogP contribution in [0.15, 0.2) is 76.6 Å². The molecule has 0 aliphatic carbocycles. The molecule has 2 aliphatic rings. The largest absolute Gasteiger partial charge is 0.490 e. The zero-order valence-corrected chi connectivity index (χ0v) is 20.4. The Balaban J connectivity index is 1.24. The number of benzene rings is 2. The van der Waals surface area contributed by atoms with Crippen LogP contribution < -0.4 is 30.1 Å². The van der Waals surface area contributed by atoms with E-state index in [2.05, 4.69) is 4.98 Å². The molecule has 0 amide bonds. The Labute approximate surface area is 216 Å². The first-order chi connectivity index (χ1) is 18.6. The van der Waals surface area contributed by atoms with Crippen LogP contribution >= 0.6 is 0 Å². The number of hydrogen-bond donors (Lipinski definition) is 0. The Bertz CT molecular complexity index is 1840. The van der Waals surface area contributed by atoms with Crippen LogP contribution in [0.1, 0.15) is 17.5 Å². The average Bonchev–Trinajstić information content (AvgIpc) is 3.27. The van der Waals surface area contributed by atoms with Crippen molar-refractivity contribution in [1.82, 2.24) is 14.1 Å². The van der Waals surface area contributed by atoms with Crippen LogP contribution in [0.5, 0.6) is 23.0 Å². The molecule has 9 nitrogen and oxygen atoms in total. The highest BCUT2D eigenvalue weighted by Crippen LogP contribution is 2.33. The molecule has 0 bridgehead atoms. The second-order valence-corrected chi connectivity index (χ2v) is 9.37. The maximum Gasteiger partial charge on any atom is 0.260 e. The van der Waals surface area contributed by atoms with Crippen molar-refractivity contribution in [2.75, 3.05) is 20.0 Å². The predicted molar refractivity (Wildman–Crippen MR) is 141 cm³/mol. The summed E-state index contributed by atoms with van der Waals surface area (Å²) in [5, 5.41) is 0.790. The number of ether oxygens (including phenoxy) is 4. The maximum atomic E-state index is 13.4. The van der Waals surface area contributed by atoms with Crippen LogP contribution in [-0.2, 0) is 13.1 Å². The SMILES string of the molecule is O=c1c2cc3c(=O)n(Cc4ccc5c(c4)OCO5)ccc3nc2ccn1Cc1ccc2c(c1)OCCCO2. The fourth-order valence-electron chi connectivity index (χ4n) is 4.89. The first kappa shape index (κ1) is 22.4. The van der Waals surface area contributed by atoms with Crippen molar-refractivity contribution in [3.8, 4) is 23.0 Å². The average molecular weight is 510 g/mol. The van der Waals surface area contributed by atoms with Crippen molar-refractivity contribution >= 4 is 21.8 Å². The molecule has 2 aromatic carbocycles. The van der Waals surface area contributed by atoms with Gasteiger partial charge in [-0.05, 0) is 53.6 Å². The van der Waals surface area contributed by atoms with E-state index in [1.807, 2.05) is 36.4 Å². The summed E-state index contributed by atoms with van der Waals surface area (Å²) in [6.45, 7) is 2.12. The van der Waals surface area contributed by atoms with Crippen LogP contribution in [0.4, 0.5) is 0 Å². The summed E-state index contributed by atoms with van der Waals surface area (Å²) in [6.07, 6.45) is 4.28. The second-order valence-electron chi connectivity index (χ2n) is 9.37. The zero-order valence-electron chi connectivity index (χ0n) is 20.4. The molecule has 38 heavy (non-hydrogen) atoms. The monoisotopic (exact) mass is 509 g/mol. The fraction of sp³-hybridized carbons (Fsp3) is 0.207. The Kier molecular flexibility index (Phi) is 5.28. The number of nitrogens with zero attached hydrogens (tertiary/aromatic N) is 3. The molecule has 5 heterocycles. The third-order valence-corrected chi connectivity index (χ3v) is 6.84. The summed E-state index contributed by atoms with van der Waals surface area (Å²) in [5.41, 5.74) is 2.48. The highest BCUT2D eigenvalue weighted by molar-refractivity contribution is 5.91. The van der Waals surface area contributed by atoms with E-state index >= 15 is 0 Å². The molecule has 3 aromatic heterocycles. The van der Waals surface area contributed by atoms with Gasteiger partial charge in [0.15, 0.2) is 23.0 Å². The van der Waals surface area contributed by atoms with E-state index in [0.717, 1.165) is 17.5 Å². The molecule has 0 atom stereocenters. The quantitative estimate of drug-likeness (QED) is 0.341. The Morgan fingerprint density at radius 1 is 0.632 bits per heavy atom. The van der Waals surface area contributed by atoms with Crippen molar-refractivity contribution in [2.24, 2.45) is 0 Å². The molecule has 0 radical (unpaired) electrons. The Morgan fingerprint density at radius 3 is 1.79 bits per heavy atom. The van der Waals surface area contributed by atoms with Crippen LogP contribution in [0, 0.1) is 0 Å². The van der Waals surface area contributed by atoms with Gasteiger partial charge in [-0.2, -0.15) is 0 Å². The highest BCUT2D eigenvalue weighted by Gasteiger charge is 2.15. The van der Waals surface area contributed by atoms with Crippen molar-refractivity contribution in [3.63, 3.8) is 0 Å². The van der Waals surface area contributed by atoms with E-state index in [-0.39, 0.29) is 17.9 Å². The molecule has 5 aromatic rings. The topological polar surface area (TPSA) is 93.8 Å². The molecule has 2 aliphatic heterocycles. The molecule has 9 heteroatoms. The molecule has 0 spiro atoms. The molecule has 0 saturated heterocycles. The van der Waals surface area contributed by atoms with Gasteiger partial charge in [-0.25, -0.2) is 4.98 Å². The first-order valence-corrected chi connectivity index (χ1v) is 12.4. The third kappa shape index (κ3) is 3.92. The van der Waals surface area contributed by atoms with Gasteiger partial charge in [-0.15, -0.1) is 0 Å². The second kappa shape index (κ2) is 8.95. The molecular formula is C29H23N3O6. The van der Waals surface area contributed by atoms with Crippen LogP contribution in [0.25, 0.3) is 21.8 Å². The van der Waals surface area contributed by atoms with E-state index in [9.17, 15) is 9.59 Å². The van der Waals surface area contributed by atoms with E-state index in [4.69, 9.17) is 18.9 Å². The van der Waals surface area contributed by atoms with Gasteiger partial charge in [0.25, 0.3) is 11.1 Å². The van der Waals surface area contributed by atoms with Gasteiger partial charge in [0.1, 0.15) is 0 Å². The first-order valence-electron chi connectivity index (χ1n) is 12.4. The lowest BCUT2D eigenvalue weighted by Crippen LogP contribution is -2.23. The standard InChI is InChI=1S/C29H23N3O6/c33-28-20-14-21-23(7-9-32(29(21)34)16-19-3-5-25-27(13-19)38-17-37-25)30-22(20)6-8-31(28)15-18-2-4-24-26(12-18)36-11-1-10-35-24/h2-9,12-14H,1,10-11,15-17H2. The maximum absolute atomic E-state index is 13.4. The number of rotatable bonds is 4. The summed E-state index contributed by atoms with van der Waals surface area (Å²) < 4.78 is 25.5. The Morgan fingerprint density at radius 2 is 1.16 bits per heavy atom. The molecule has 7 rings (SSSR count). The van der Waals surface area contributed by atoms with Gasteiger partial charge in [0, 0.05) is 18.8 Å². The fourth-order valence-corrected chi connectivity index (χ4v) is 4.89. The van der Waals surface area contributed by atoms with Crippen LogP contribution in [0.2, 0.25) is 0 Å². The summed E-state index contributed by atoms with van der Waals surface area (Å²) in [4.78, 5) is 31.5. The molecule has 0 N–H and O–H groups in total. The van der Waals surface area contributed by atoms with Gasteiger partial charge in [-0.1, -0.05) is 12.1 Å². The summed E-state index contributed by atoms with van der Waals surface area (Å²) >= 11 is 0. The third-order valence-electron chi connectivity index (χ3n) is 6.84. The summed E-state index contributed by atoms with van der Waals surface area (Å²) in [7, 11) is 0. The molecule has 0 saturated carbocycles. The molecule has 0 unspecified atom stereocenters. The molecular weight excluding hydrogens is 486 g/mol. The van der Waals surface area contributed by atoms with Crippen molar-refractivity contribution < 1.29 is 18.9 Å². The van der Waals surface area contributed by atoms with Crippen LogP contribution in [-0.4, -0.2) is 34.1 Å². The lowest BCUT2D eigenvalue weighted by molar-refractivity contribution is 0.174. The minimum absolute atomic E-state index is 0.194. The van der Waals surface area contributed by atoms with Gasteiger partial charge in [0.05, 0.1) is 48.1 Å². The van der Waals surface area contributed by atoms with E-state index in [1.54, 1.807) is 39.7 Å². The number of hydrogen-bond acceptors (Lipinski definition) is 7. The minimum atomic E-state index is -0.215. The van der Waals surface area contributed by atoms with Gasteiger partial charge in [-0.3, -0.25) is 9.59 Å². The van der Waals surface area contributed by atoms with Crippen LogP contribution in [0.3, 0.4) is 0 Å². The lowest BCUT2D eigenvalue weighted by Gasteiger charge is -2.12. The highest BCUT2D eigenvalue weighted by atomic mass is 16.7. The Hall–Kier alpha value is -4.79.